The molecule has 2 aromatic rings. The van der Waals surface area contributed by atoms with E-state index in [4.69, 9.17) is 16.0 Å². The lowest BCUT2D eigenvalue weighted by molar-refractivity contribution is -0.114. The van der Waals surface area contributed by atoms with Gasteiger partial charge < -0.3 is 4.42 Å². The van der Waals surface area contributed by atoms with Crippen molar-refractivity contribution in [3.8, 4) is 0 Å². The van der Waals surface area contributed by atoms with E-state index in [1.54, 1.807) is 42.5 Å². The maximum atomic E-state index is 12.6. The first-order valence-electron chi connectivity index (χ1n) is 6.67. The highest BCUT2D eigenvalue weighted by Crippen LogP contribution is 2.32. The van der Waals surface area contributed by atoms with E-state index in [9.17, 15) is 9.59 Å². The monoisotopic (exact) mass is 346 g/mol. The predicted octanol–water partition coefficient (Wildman–Crippen LogP) is 3.96. The van der Waals surface area contributed by atoms with Crippen molar-refractivity contribution in [2.75, 3.05) is 5.01 Å². The van der Waals surface area contributed by atoms with E-state index in [0.717, 1.165) is 11.8 Å². The molecule has 0 unspecified atom stereocenters. The van der Waals surface area contributed by atoms with Crippen LogP contribution in [0.15, 0.2) is 57.1 Å². The number of rotatable bonds is 3. The third-order valence-electron chi connectivity index (χ3n) is 2.99. The highest BCUT2D eigenvalue weighted by Gasteiger charge is 2.29. The predicted molar refractivity (Wildman–Crippen MR) is 91.3 cm³/mol. The number of anilines is 1. The molecule has 0 N–H and O–H groups in total. The molecule has 0 radical (unpaired) electrons. The van der Waals surface area contributed by atoms with Crippen molar-refractivity contribution in [2.24, 2.45) is 5.10 Å². The summed E-state index contributed by atoms with van der Waals surface area (Å²) in [5, 5.41) is 6.12. The number of hydrogen-bond acceptors (Lipinski definition) is 5. The zero-order chi connectivity index (χ0) is 16.4. The number of carbonyl (C=O) groups excluding carboxylic acids is 2. The molecule has 1 amide bonds. The third-order valence-corrected chi connectivity index (χ3v) is 4.32. The van der Waals surface area contributed by atoms with Gasteiger partial charge in [0.1, 0.15) is 5.76 Å². The first kappa shape index (κ1) is 15.6. The van der Waals surface area contributed by atoms with Crippen molar-refractivity contribution >= 4 is 51.9 Å². The first-order valence-corrected chi connectivity index (χ1v) is 7.86. The van der Waals surface area contributed by atoms with E-state index in [-0.39, 0.29) is 16.7 Å². The summed E-state index contributed by atoms with van der Waals surface area (Å²) in [7, 11) is 0. The van der Waals surface area contributed by atoms with Gasteiger partial charge in [-0.15, -0.1) is 0 Å². The second-order valence-corrected chi connectivity index (χ2v) is 6.15. The van der Waals surface area contributed by atoms with Crippen molar-refractivity contribution in [1.29, 1.82) is 0 Å². The van der Waals surface area contributed by atoms with E-state index in [0.29, 0.717) is 21.4 Å². The standard InChI is InChI=1S/C16H11ClN2O3S/c1-10(20)15-18-19(12-6-4-11(17)5-7-12)16(21)14(23-15)9-13-3-2-8-22-13/h2-9H,1H3. The fraction of sp³-hybridized carbons (Fsp3) is 0.0625. The van der Waals surface area contributed by atoms with Crippen LogP contribution in [-0.4, -0.2) is 16.7 Å². The quantitative estimate of drug-likeness (QED) is 0.789. The maximum Gasteiger partial charge on any atom is 0.285 e. The minimum atomic E-state index is -0.335. The summed E-state index contributed by atoms with van der Waals surface area (Å²) in [6, 6.07) is 10.1. The van der Waals surface area contributed by atoms with Gasteiger partial charge in [-0.25, -0.2) is 0 Å². The largest absolute Gasteiger partial charge is 0.465 e. The van der Waals surface area contributed by atoms with Crippen molar-refractivity contribution in [1.82, 2.24) is 0 Å². The van der Waals surface area contributed by atoms with Gasteiger partial charge in [-0.2, -0.15) is 10.1 Å². The van der Waals surface area contributed by atoms with Crippen molar-refractivity contribution in [2.45, 2.75) is 6.92 Å². The molecule has 0 saturated heterocycles. The van der Waals surface area contributed by atoms with Gasteiger partial charge >= 0.3 is 0 Å². The molecule has 116 valence electrons. The van der Waals surface area contributed by atoms with Gasteiger partial charge in [-0.1, -0.05) is 23.4 Å². The number of furan rings is 1. The van der Waals surface area contributed by atoms with Gasteiger partial charge in [0.15, 0.2) is 10.8 Å². The summed E-state index contributed by atoms with van der Waals surface area (Å²) in [6.07, 6.45) is 3.11. The highest BCUT2D eigenvalue weighted by molar-refractivity contribution is 8.19. The normalized spacial score (nSPS) is 16.6. The molecule has 5 nitrogen and oxygen atoms in total. The Morgan fingerprint density at radius 1 is 1.30 bits per heavy atom. The Morgan fingerprint density at radius 2 is 2.04 bits per heavy atom. The van der Waals surface area contributed by atoms with Gasteiger partial charge in [0, 0.05) is 18.0 Å². The SMILES string of the molecule is CC(=O)C1=NN(c2ccc(Cl)cc2)C(=O)C(=Cc2ccco2)S1. The lowest BCUT2D eigenvalue weighted by Crippen LogP contribution is -2.32. The Bertz CT molecular complexity index is 810. The molecule has 0 atom stereocenters. The van der Waals surface area contributed by atoms with Crippen LogP contribution in [0.3, 0.4) is 0 Å². The summed E-state index contributed by atoms with van der Waals surface area (Å²) in [4.78, 5) is 24.7. The van der Waals surface area contributed by atoms with Crippen LogP contribution in [0, 0.1) is 0 Å². The zero-order valence-electron chi connectivity index (χ0n) is 12.0. The Labute approximate surface area is 141 Å². The molecule has 7 heteroatoms. The number of nitrogens with zero attached hydrogens (tertiary/aromatic N) is 2. The number of halogens is 1. The fourth-order valence-electron chi connectivity index (χ4n) is 1.90. The molecule has 1 aromatic carbocycles. The number of Topliss-reactive ketones (excluding diaryl/α,β-unsaturated/α-hetero) is 1. The van der Waals surface area contributed by atoms with Gasteiger partial charge in [0.2, 0.25) is 0 Å². The van der Waals surface area contributed by atoms with Crippen molar-refractivity contribution in [3.63, 3.8) is 0 Å². The summed E-state index contributed by atoms with van der Waals surface area (Å²) in [5.41, 5.74) is 0.531. The van der Waals surface area contributed by atoms with E-state index in [1.807, 2.05) is 0 Å². The summed E-state index contributed by atoms with van der Waals surface area (Å²) in [5.74, 6) is -0.0211. The minimum absolute atomic E-state index is 0.216. The molecular weight excluding hydrogens is 336 g/mol. The Hall–Kier alpha value is -2.31. The molecule has 3 rings (SSSR count). The lowest BCUT2D eigenvalue weighted by atomic mass is 10.3. The van der Waals surface area contributed by atoms with Crippen LogP contribution in [-0.2, 0) is 9.59 Å². The molecule has 1 aliphatic rings. The summed E-state index contributed by atoms with van der Waals surface area (Å²) >= 11 is 6.90. The Morgan fingerprint density at radius 3 is 2.65 bits per heavy atom. The smallest absolute Gasteiger partial charge is 0.285 e. The highest BCUT2D eigenvalue weighted by atomic mass is 35.5. The topological polar surface area (TPSA) is 62.9 Å². The fourth-order valence-corrected chi connectivity index (χ4v) is 2.85. The third kappa shape index (κ3) is 3.38. The molecule has 23 heavy (non-hydrogen) atoms. The molecule has 0 aliphatic carbocycles. The number of amides is 1. The average molecular weight is 347 g/mol. The van der Waals surface area contributed by atoms with Crippen LogP contribution in [0.1, 0.15) is 12.7 Å². The molecule has 0 bridgehead atoms. The lowest BCUT2D eigenvalue weighted by Gasteiger charge is -2.23. The Balaban J connectivity index is 2.03. The number of thioether (sulfide) groups is 1. The second-order valence-electron chi connectivity index (χ2n) is 4.68. The molecule has 0 saturated carbocycles. The van der Waals surface area contributed by atoms with Crippen LogP contribution in [0.2, 0.25) is 5.02 Å². The number of ketones is 1. The van der Waals surface area contributed by atoms with E-state index >= 15 is 0 Å². The summed E-state index contributed by atoms with van der Waals surface area (Å²) < 4.78 is 5.23. The maximum absolute atomic E-state index is 12.6. The number of carbonyl (C=O) groups is 2. The molecule has 1 aliphatic heterocycles. The Kier molecular flexibility index (Phi) is 4.36. The van der Waals surface area contributed by atoms with Crippen molar-refractivity contribution < 1.29 is 14.0 Å². The van der Waals surface area contributed by atoms with Gasteiger partial charge in [0.05, 0.1) is 16.9 Å². The molecule has 2 heterocycles. The van der Waals surface area contributed by atoms with Gasteiger partial charge in [-0.05, 0) is 36.4 Å². The van der Waals surface area contributed by atoms with Crippen LogP contribution in [0.25, 0.3) is 6.08 Å². The van der Waals surface area contributed by atoms with Gasteiger partial charge in [-0.3, -0.25) is 9.59 Å². The minimum Gasteiger partial charge on any atom is -0.465 e. The van der Waals surface area contributed by atoms with E-state index in [2.05, 4.69) is 5.10 Å². The van der Waals surface area contributed by atoms with Crippen LogP contribution in [0.5, 0.6) is 0 Å². The molecule has 1 aromatic heterocycles. The molecule has 0 spiro atoms. The second kappa shape index (κ2) is 6.44. The number of benzene rings is 1. The summed E-state index contributed by atoms with van der Waals surface area (Å²) in [6.45, 7) is 1.41. The molecule has 0 fully saturated rings. The van der Waals surface area contributed by atoms with Gasteiger partial charge in [0.25, 0.3) is 5.91 Å². The average Bonchev–Trinajstić information content (AvgIpc) is 3.03. The van der Waals surface area contributed by atoms with Crippen molar-refractivity contribution in [3.05, 3.63) is 58.3 Å². The zero-order valence-corrected chi connectivity index (χ0v) is 13.6. The van der Waals surface area contributed by atoms with Crippen LogP contribution < -0.4 is 5.01 Å². The van der Waals surface area contributed by atoms with E-state index < -0.39 is 0 Å². The number of hydrogen-bond donors (Lipinski definition) is 0. The first-order chi connectivity index (χ1) is 11.0. The molecular formula is C16H11ClN2O3S. The van der Waals surface area contributed by atoms with Crippen LogP contribution >= 0.6 is 23.4 Å². The van der Waals surface area contributed by atoms with Crippen LogP contribution in [0.4, 0.5) is 5.69 Å². The number of hydrazone groups is 1. The van der Waals surface area contributed by atoms with E-state index in [1.165, 1.54) is 18.2 Å².